The van der Waals surface area contributed by atoms with Gasteiger partial charge in [0.15, 0.2) is 6.10 Å². The van der Waals surface area contributed by atoms with Crippen molar-refractivity contribution in [3.8, 4) is 0 Å². The summed E-state index contributed by atoms with van der Waals surface area (Å²) in [5.41, 5.74) is 0.888. The minimum Gasteiger partial charge on any atom is -0.466 e. The number of halogens is 2. The predicted molar refractivity (Wildman–Crippen MR) is 125 cm³/mol. The lowest BCUT2D eigenvalue weighted by Crippen LogP contribution is -2.48. The van der Waals surface area contributed by atoms with Crippen molar-refractivity contribution in [3.63, 3.8) is 0 Å². The van der Waals surface area contributed by atoms with E-state index in [1.165, 1.54) is 36.4 Å². The van der Waals surface area contributed by atoms with Crippen molar-refractivity contribution >= 4 is 23.6 Å². The topological polar surface area (TPSA) is 91.3 Å². The van der Waals surface area contributed by atoms with Crippen LogP contribution in [-0.4, -0.2) is 49.0 Å². The van der Waals surface area contributed by atoms with Crippen LogP contribution in [0.3, 0.4) is 0 Å². The van der Waals surface area contributed by atoms with E-state index in [0.717, 1.165) is 21.0 Å². The molecule has 9 heteroatoms. The number of methoxy groups -OCH3 is 1. The Hall–Kier alpha value is -3.62. The van der Waals surface area contributed by atoms with Gasteiger partial charge in [0.1, 0.15) is 11.6 Å². The summed E-state index contributed by atoms with van der Waals surface area (Å²) in [6.45, 7) is 6.02. The Bertz CT molecular complexity index is 1040. The number of carbonyl (C=O) groups is 3. The van der Waals surface area contributed by atoms with Crippen molar-refractivity contribution < 1.29 is 37.4 Å². The number of esters is 3. The molecule has 0 N–H and O–H groups in total. The summed E-state index contributed by atoms with van der Waals surface area (Å²) in [6.07, 6.45) is -2.68. The molecule has 0 unspecified atom stereocenters. The summed E-state index contributed by atoms with van der Waals surface area (Å²) >= 11 is 0. The van der Waals surface area contributed by atoms with Gasteiger partial charge in [0.05, 0.1) is 18.9 Å². The van der Waals surface area contributed by atoms with Crippen LogP contribution < -0.4 is 0 Å². The molecule has 0 saturated carbocycles. The summed E-state index contributed by atoms with van der Waals surface area (Å²) in [6, 6.07) is 10.2. The Morgan fingerprint density at radius 3 is 1.80 bits per heavy atom. The largest absolute Gasteiger partial charge is 0.466 e. The number of hydrogen-bond acceptors (Lipinski definition) is 7. The molecule has 0 fully saturated rings. The molecular formula is C26H29F2NO6. The van der Waals surface area contributed by atoms with Gasteiger partial charge in [-0.05, 0) is 36.6 Å². The van der Waals surface area contributed by atoms with Crippen LogP contribution in [0.15, 0.2) is 53.5 Å². The van der Waals surface area contributed by atoms with Gasteiger partial charge in [0.2, 0.25) is 6.10 Å². The molecule has 35 heavy (non-hydrogen) atoms. The molecule has 3 atom stereocenters. The normalized spacial score (nSPS) is 13.4. The van der Waals surface area contributed by atoms with E-state index in [0.29, 0.717) is 11.1 Å². The highest BCUT2D eigenvalue weighted by molar-refractivity contribution is 6.13. The first-order chi connectivity index (χ1) is 16.5. The second kappa shape index (κ2) is 12.7. The van der Waals surface area contributed by atoms with Gasteiger partial charge in [0, 0.05) is 25.0 Å². The monoisotopic (exact) mass is 489 g/mol. The van der Waals surface area contributed by atoms with E-state index < -0.39 is 47.8 Å². The fourth-order valence-electron chi connectivity index (χ4n) is 3.57. The molecule has 0 spiro atoms. The van der Waals surface area contributed by atoms with E-state index in [1.807, 2.05) is 13.8 Å². The first-order valence-corrected chi connectivity index (χ1v) is 11.0. The van der Waals surface area contributed by atoms with Crippen molar-refractivity contribution in [3.05, 3.63) is 71.3 Å². The Labute approximate surface area is 203 Å². The minimum atomic E-state index is -1.60. The molecule has 0 aromatic heterocycles. The molecular weight excluding hydrogens is 460 g/mol. The van der Waals surface area contributed by atoms with Crippen LogP contribution >= 0.6 is 0 Å². The molecule has 2 aromatic rings. The lowest BCUT2D eigenvalue weighted by Gasteiger charge is -2.30. The average molecular weight is 490 g/mol. The van der Waals surface area contributed by atoms with E-state index in [1.54, 1.807) is 12.1 Å². The summed E-state index contributed by atoms with van der Waals surface area (Å²) in [5.74, 6) is -3.54. The maximum absolute atomic E-state index is 14.1. The van der Waals surface area contributed by atoms with Gasteiger partial charge in [-0.3, -0.25) is 14.6 Å². The van der Waals surface area contributed by atoms with Gasteiger partial charge in [0.25, 0.3) is 0 Å². The number of hydrogen-bond donors (Lipinski definition) is 0. The van der Waals surface area contributed by atoms with E-state index >= 15 is 0 Å². The van der Waals surface area contributed by atoms with Crippen molar-refractivity contribution in [1.82, 2.24) is 0 Å². The molecule has 2 aromatic carbocycles. The second-order valence-electron chi connectivity index (χ2n) is 8.32. The highest BCUT2D eigenvalue weighted by Crippen LogP contribution is 2.24. The Kier molecular flexibility index (Phi) is 10.1. The third-order valence-electron chi connectivity index (χ3n) is 4.91. The SMILES string of the molecule is COC(=O)[C@H](OC(C)=O)[C@@H](OC(C)=O)[C@H](CC(C)C)N=C(c1cccc(F)c1)c1cccc(F)c1. The smallest absolute Gasteiger partial charge is 0.351 e. The van der Waals surface area contributed by atoms with Crippen LogP contribution in [0.5, 0.6) is 0 Å². The van der Waals surface area contributed by atoms with Crippen LogP contribution in [0.2, 0.25) is 0 Å². The summed E-state index contributed by atoms with van der Waals surface area (Å²) in [4.78, 5) is 41.0. The van der Waals surface area contributed by atoms with Crippen LogP contribution in [0.1, 0.15) is 45.2 Å². The van der Waals surface area contributed by atoms with Crippen molar-refractivity contribution in [1.29, 1.82) is 0 Å². The number of nitrogens with zero attached hydrogens (tertiary/aromatic N) is 1. The Morgan fingerprint density at radius 2 is 1.40 bits per heavy atom. The molecule has 0 saturated heterocycles. The minimum absolute atomic E-state index is 0.0151. The standard InChI is InChI=1S/C26H29F2NO6/c1-15(2)12-22(24(34-16(3)30)25(26(32)33-5)35-17(4)31)29-23(18-8-6-10-20(27)13-18)19-9-7-11-21(28)14-19/h6-11,13-15,22,24-25H,12H2,1-5H3/t22-,24-,25+/m0/s1. The zero-order chi connectivity index (χ0) is 26.1. The van der Waals surface area contributed by atoms with Crippen LogP contribution in [0.25, 0.3) is 0 Å². The molecule has 0 aliphatic rings. The zero-order valence-corrected chi connectivity index (χ0v) is 20.3. The third-order valence-corrected chi connectivity index (χ3v) is 4.91. The molecule has 0 aliphatic heterocycles. The van der Waals surface area contributed by atoms with Gasteiger partial charge in [-0.15, -0.1) is 0 Å². The van der Waals surface area contributed by atoms with Crippen LogP contribution in [0, 0.1) is 17.6 Å². The van der Waals surface area contributed by atoms with E-state index in [2.05, 4.69) is 0 Å². The maximum Gasteiger partial charge on any atom is 0.351 e. The molecule has 0 amide bonds. The lowest BCUT2D eigenvalue weighted by atomic mass is 9.94. The number of carbonyl (C=O) groups excluding carboxylic acids is 3. The summed E-state index contributed by atoms with van der Waals surface area (Å²) in [5, 5.41) is 0. The van der Waals surface area contributed by atoms with Crippen LogP contribution in [-0.2, 0) is 28.6 Å². The van der Waals surface area contributed by atoms with Gasteiger partial charge >= 0.3 is 17.9 Å². The van der Waals surface area contributed by atoms with Crippen molar-refractivity contribution in [2.24, 2.45) is 10.9 Å². The lowest BCUT2D eigenvalue weighted by molar-refractivity contribution is -0.181. The van der Waals surface area contributed by atoms with Crippen LogP contribution in [0.4, 0.5) is 8.78 Å². The highest BCUT2D eigenvalue weighted by Gasteiger charge is 2.41. The average Bonchev–Trinajstić information content (AvgIpc) is 2.77. The fraction of sp³-hybridized carbons (Fsp3) is 0.385. The van der Waals surface area contributed by atoms with Gasteiger partial charge in [-0.1, -0.05) is 38.1 Å². The van der Waals surface area contributed by atoms with Crippen molar-refractivity contribution in [2.75, 3.05) is 7.11 Å². The zero-order valence-electron chi connectivity index (χ0n) is 20.3. The van der Waals surface area contributed by atoms with E-state index in [9.17, 15) is 23.2 Å². The first kappa shape index (κ1) is 27.6. The van der Waals surface area contributed by atoms with Gasteiger partial charge < -0.3 is 14.2 Å². The quantitative estimate of drug-likeness (QED) is 0.282. The van der Waals surface area contributed by atoms with Crippen molar-refractivity contribution in [2.45, 2.75) is 52.4 Å². The number of aliphatic imine (C=N–C) groups is 1. The molecule has 2 rings (SSSR count). The maximum atomic E-state index is 14.1. The number of ether oxygens (including phenoxy) is 3. The fourth-order valence-corrected chi connectivity index (χ4v) is 3.57. The molecule has 0 heterocycles. The number of rotatable bonds is 10. The first-order valence-electron chi connectivity index (χ1n) is 11.0. The van der Waals surface area contributed by atoms with E-state index in [4.69, 9.17) is 19.2 Å². The summed E-state index contributed by atoms with van der Waals surface area (Å²) in [7, 11) is 1.11. The molecule has 0 aliphatic carbocycles. The Morgan fingerprint density at radius 1 is 0.886 bits per heavy atom. The molecule has 188 valence electrons. The van der Waals surface area contributed by atoms with Gasteiger partial charge in [-0.2, -0.15) is 0 Å². The molecule has 0 bridgehead atoms. The second-order valence-corrected chi connectivity index (χ2v) is 8.32. The Balaban J connectivity index is 2.76. The summed E-state index contributed by atoms with van der Waals surface area (Å²) < 4.78 is 43.6. The third kappa shape index (κ3) is 8.27. The molecule has 0 radical (unpaired) electrons. The highest BCUT2D eigenvalue weighted by atomic mass is 19.1. The molecule has 7 nitrogen and oxygen atoms in total. The number of benzene rings is 2. The van der Waals surface area contributed by atoms with E-state index in [-0.39, 0.29) is 18.1 Å². The van der Waals surface area contributed by atoms with Gasteiger partial charge in [-0.25, -0.2) is 13.6 Å². The predicted octanol–water partition coefficient (Wildman–Crippen LogP) is 4.25.